The van der Waals surface area contributed by atoms with Crippen LogP contribution in [0.2, 0.25) is 0 Å². The van der Waals surface area contributed by atoms with Gasteiger partial charge >= 0.3 is 5.97 Å². The molecule has 1 aromatic heterocycles. The van der Waals surface area contributed by atoms with Crippen LogP contribution in [0.25, 0.3) is 0 Å². The lowest BCUT2D eigenvalue weighted by atomic mass is 10.1. The van der Waals surface area contributed by atoms with E-state index in [4.69, 9.17) is 14.2 Å². The van der Waals surface area contributed by atoms with Crippen molar-refractivity contribution in [1.29, 1.82) is 0 Å². The molecule has 1 aliphatic heterocycles. The Hall–Kier alpha value is -1.46. The van der Waals surface area contributed by atoms with Crippen molar-refractivity contribution in [3.05, 3.63) is 29.1 Å². The summed E-state index contributed by atoms with van der Waals surface area (Å²) in [5.74, 6) is -0.326. The Balaban J connectivity index is 2.39. The van der Waals surface area contributed by atoms with Gasteiger partial charge in [0, 0.05) is 14.2 Å². The van der Waals surface area contributed by atoms with Gasteiger partial charge < -0.3 is 14.2 Å². The Morgan fingerprint density at radius 3 is 2.69 bits per heavy atom. The monoisotopic (exact) mass is 223 g/mol. The molecule has 0 aliphatic carbocycles. The van der Waals surface area contributed by atoms with Crippen LogP contribution in [0, 0.1) is 0 Å². The minimum atomic E-state index is -0.520. The van der Waals surface area contributed by atoms with Crippen LogP contribution in [-0.4, -0.2) is 25.2 Å². The average Bonchev–Trinajstić information content (AvgIpc) is 2.57. The first-order chi connectivity index (χ1) is 7.67. The molecule has 5 nitrogen and oxygen atoms in total. The maximum atomic E-state index is 11.4. The van der Waals surface area contributed by atoms with Gasteiger partial charge in [0.2, 0.25) is 6.29 Å². The van der Waals surface area contributed by atoms with Crippen molar-refractivity contribution >= 4 is 5.97 Å². The molecule has 16 heavy (non-hydrogen) atoms. The van der Waals surface area contributed by atoms with Crippen LogP contribution in [-0.2, 0) is 14.2 Å². The lowest BCUT2D eigenvalue weighted by molar-refractivity contribution is -0.108. The maximum Gasteiger partial charge on any atom is 0.340 e. The van der Waals surface area contributed by atoms with Crippen molar-refractivity contribution in [2.24, 2.45) is 0 Å². The molecule has 0 spiro atoms. The highest BCUT2D eigenvalue weighted by Gasteiger charge is 2.30. The molecule has 0 N–H and O–H groups in total. The lowest BCUT2D eigenvalue weighted by Crippen LogP contribution is -2.08. The quantitative estimate of drug-likeness (QED) is 0.575. The smallest absolute Gasteiger partial charge is 0.340 e. The van der Waals surface area contributed by atoms with Gasteiger partial charge in [-0.25, -0.2) is 9.78 Å². The average molecular weight is 223 g/mol. The third-order valence-electron chi connectivity index (χ3n) is 2.50. The molecule has 0 amide bonds. The van der Waals surface area contributed by atoms with Crippen molar-refractivity contribution in [3.8, 4) is 0 Å². The van der Waals surface area contributed by atoms with Crippen LogP contribution in [0.4, 0.5) is 0 Å². The van der Waals surface area contributed by atoms with Gasteiger partial charge in [0.05, 0.1) is 17.0 Å². The highest BCUT2D eigenvalue weighted by Crippen LogP contribution is 2.29. The zero-order valence-electron chi connectivity index (χ0n) is 9.39. The van der Waals surface area contributed by atoms with Gasteiger partial charge in [-0.1, -0.05) is 0 Å². The molecule has 0 saturated heterocycles. The van der Waals surface area contributed by atoms with Crippen molar-refractivity contribution in [1.82, 2.24) is 4.98 Å². The van der Waals surface area contributed by atoms with E-state index in [1.54, 1.807) is 19.1 Å². The Morgan fingerprint density at radius 2 is 2.06 bits per heavy atom. The number of hydrogen-bond donors (Lipinski definition) is 0. The topological polar surface area (TPSA) is 57.6 Å². The molecule has 0 fully saturated rings. The third kappa shape index (κ3) is 1.68. The highest BCUT2D eigenvalue weighted by molar-refractivity contribution is 5.93. The maximum absolute atomic E-state index is 11.4. The second kappa shape index (κ2) is 4.19. The second-order valence-corrected chi connectivity index (χ2v) is 3.52. The fourth-order valence-electron chi connectivity index (χ4n) is 1.72. The SMILES string of the molecule is COC(OC)c1ccc2c(n1)[C@H](C)OC2=O. The van der Waals surface area contributed by atoms with E-state index < -0.39 is 6.29 Å². The van der Waals surface area contributed by atoms with Crippen molar-refractivity contribution in [3.63, 3.8) is 0 Å². The first-order valence-electron chi connectivity index (χ1n) is 4.94. The first-order valence-corrected chi connectivity index (χ1v) is 4.94. The largest absolute Gasteiger partial charge is 0.452 e. The van der Waals surface area contributed by atoms with Gasteiger partial charge in [-0.05, 0) is 19.1 Å². The lowest BCUT2D eigenvalue weighted by Gasteiger charge is -2.13. The number of aromatic nitrogens is 1. The van der Waals surface area contributed by atoms with Gasteiger partial charge in [-0.15, -0.1) is 0 Å². The minimum absolute atomic E-state index is 0.309. The summed E-state index contributed by atoms with van der Waals surface area (Å²) in [6.07, 6.45) is -0.829. The molecule has 0 radical (unpaired) electrons. The van der Waals surface area contributed by atoms with Crippen LogP contribution < -0.4 is 0 Å². The third-order valence-corrected chi connectivity index (χ3v) is 2.50. The minimum Gasteiger partial charge on any atom is -0.452 e. The molecule has 5 heteroatoms. The van der Waals surface area contributed by atoms with E-state index >= 15 is 0 Å². The normalized spacial score (nSPS) is 18.8. The number of cyclic esters (lactones) is 1. The van der Waals surface area contributed by atoms with E-state index in [2.05, 4.69) is 4.98 Å². The van der Waals surface area contributed by atoms with Crippen molar-refractivity contribution in [2.45, 2.75) is 19.3 Å². The summed E-state index contributed by atoms with van der Waals surface area (Å²) >= 11 is 0. The number of ether oxygens (including phenoxy) is 3. The summed E-state index contributed by atoms with van der Waals surface area (Å²) in [6, 6.07) is 3.39. The summed E-state index contributed by atoms with van der Waals surface area (Å²) in [4.78, 5) is 15.7. The highest BCUT2D eigenvalue weighted by atomic mass is 16.7. The zero-order valence-corrected chi connectivity index (χ0v) is 9.39. The van der Waals surface area contributed by atoms with E-state index in [9.17, 15) is 4.79 Å². The fourth-order valence-corrected chi connectivity index (χ4v) is 1.72. The number of rotatable bonds is 3. The summed E-state index contributed by atoms with van der Waals surface area (Å²) in [5.41, 5.74) is 1.79. The number of hydrogen-bond acceptors (Lipinski definition) is 5. The van der Waals surface area contributed by atoms with E-state index in [0.29, 0.717) is 17.0 Å². The zero-order chi connectivity index (χ0) is 11.7. The molecule has 2 rings (SSSR count). The number of fused-ring (bicyclic) bond motifs is 1. The second-order valence-electron chi connectivity index (χ2n) is 3.52. The summed E-state index contributed by atoms with van der Waals surface area (Å²) in [7, 11) is 3.07. The standard InChI is InChI=1S/C11H13NO4/c1-6-9-7(10(13)16-6)4-5-8(12-9)11(14-2)15-3/h4-6,11H,1-3H3/t6-/m0/s1. The van der Waals surface area contributed by atoms with E-state index in [1.807, 2.05) is 0 Å². The Labute approximate surface area is 93.3 Å². The van der Waals surface area contributed by atoms with E-state index in [1.165, 1.54) is 14.2 Å². The van der Waals surface area contributed by atoms with Crippen molar-refractivity contribution < 1.29 is 19.0 Å². The summed E-state index contributed by atoms with van der Waals surface area (Å²) in [6.45, 7) is 1.79. The molecule has 1 aliphatic rings. The van der Waals surface area contributed by atoms with Crippen LogP contribution in [0.15, 0.2) is 12.1 Å². The molecule has 0 bridgehead atoms. The van der Waals surface area contributed by atoms with Crippen LogP contribution in [0.3, 0.4) is 0 Å². The summed E-state index contributed by atoms with van der Waals surface area (Å²) in [5, 5.41) is 0. The number of pyridine rings is 1. The molecule has 1 aromatic rings. The number of esters is 1. The molecule has 2 heterocycles. The van der Waals surface area contributed by atoms with E-state index in [0.717, 1.165) is 0 Å². The van der Waals surface area contributed by atoms with Crippen LogP contribution in [0.1, 0.15) is 41.1 Å². The molecular formula is C11H13NO4. The number of carbonyl (C=O) groups excluding carboxylic acids is 1. The van der Waals surface area contributed by atoms with Gasteiger partial charge in [-0.2, -0.15) is 0 Å². The Bertz CT molecular complexity index is 414. The predicted molar refractivity (Wildman–Crippen MR) is 54.8 cm³/mol. The van der Waals surface area contributed by atoms with Gasteiger partial charge in [0.1, 0.15) is 6.10 Å². The number of nitrogens with zero attached hydrogens (tertiary/aromatic N) is 1. The molecular weight excluding hydrogens is 210 g/mol. The van der Waals surface area contributed by atoms with Crippen LogP contribution >= 0.6 is 0 Å². The molecule has 0 aromatic carbocycles. The van der Waals surface area contributed by atoms with Crippen LogP contribution in [0.5, 0.6) is 0 Å². The Kier molecular flexibility index (Phi) is 2.89. The molecule has 0 saturated carbocycles. The predicted octanol–water partition coefficient (Wildman–Crippen LogP) is 1.60. The van der Waals surface area contributed by atoms with Crippen molar-refractivity contribution in [2.75, 3.05) is 14.2 Å². The van der Waals surface area contributed by atoms with E-state index in [-0.39, 0.29) is 12.1 Å². The first kappa shape index (κ1) is 11.0. The fraction of sp³-hybridized carbons (Fsp3) is 0.455. The van der Waals surface area contributed by atoms with Gasteiger partial charge in [0.15, 0.2) is 0 Å². The van der Waals surface area contributed by atoms with Gasteiger partial charge in [0.25, 0.3) is 0 Å². The molecule has 1 atom stereocenters. The summed E-state index contributed by atoms with van der Waals surface area (Å²) < 4.78 is 15.2. The molecule has 86 valence electrons. The molecule has 0 unspecified atom stereocenters. The van der Waals surface area contributed by atoms with Gasteiger partial charge in [-0.3, -0.25) is 0 Å². The number of carbonyl (C=O) groups is 1. The Morgan fingerprint density at radius 1 is 1.38 bits per heavy atom. The number of methoxy groups -OCH3 is 2.